The van der Waals surface area contributed by atoms with E-state index in [1.807, 2.05) is 12.1 Å². The third-order valence-electron chi connectivity index (χ3n) is 5.16. The lowest BCUT2D eigenvalue weighted by molar-refractivity contribution is 0.0734. The second kappa shape index (κ2) is 9.60. The number of carbonyl (C=O) groups is 1. The van der Waals surface area contributed by atoms with Crippen LogP contribution in [0.2, 0.25) is 0 Å². The highest BCUT2D eigenvalue weighted by atomic mass is 19.2. The number of esters is 1. The molecule has 1 aliphatic rings. The summed E-state index contributed by atoms with van der Waals surface area (Å²) >= 11 is 0. The maximum Gasteiger partial charge on any atom is 0.343 e. The Morgan fingerprint density at radius 1 is 1.04 bits per heavy atom. The lowest BCUT2D eigenvalue weighted by Gasteiger charge is -2.27. The molecule has 1 fully saturated rings. The van der Waals surface area contributed by atoms with Gasteiger partial charge in [-0.2, -0.15) is 0 Å². The zero-order valence-corrected chi connectivity index (χ0v) is 15.9. The van der Waals surface area contributed by atoms with Crippen LogP contribution in [0.3, 0.4) is 0 Å². The molecule has 5 heteroatoms. The molecule has 0 aliphatic heterocycles. The minimum atomic E-state index is -1.05. The molecular weight excluding hydrogens is 362 g/mol. The van der Waals surface area contributed by atoms with Gasteiger partial charge in [0.1, 0.15) is 5.75 Å². The van der Waals surface area contributed by atoms with Gasteiger partial charge >= 0.3 is 5.97 Å². The fraction of sp³-hybridized carbons (Fsp3) is 0.348. The molecule has 0 saturated heterocycles. The van der Waals surface area contributed by atoms with Crippen LogP contribution in [0.4, 0.5) is 8.78 Å². The zero-order chi connectivity index (χ0) is 19.9. The Morgan fingerprint density at radius 2 is 1.75 bits per heavy atom. The monoisotopic (exact) mass is 386 g/mol. The molecule has 1 saturated carbocycles. The topological polar surface area (TPSA) is 35.5 Å². The molecule has 0 heterocycles. The average Bonchev–Trinajstić information content (AvgIpc) is 2.72. The van der Waals surface area contributed by atoms with Crippen LogP contribution >= 0.6 is 0 Å². The molecule has 0 radical (unpaired) electrons. The van der Waals surface area contributed by atoms with Gasteiger partial charge in [0.15, 0.2) is 11.6 Å². The summed E-state index contributed by atoms with van der Waals surface area (Å²) in [4.78, 5) is 12.2. The van der Waals surface area contributed by atoms with E-state index in [9.17, 15) is 13.6 Å². The average molecular weight is 386 g/mol. The Morgan fingerprint density at radius 3 is 2.39 bits per heavy atom. The van der Waals surface area contributed by atoms with Crippen LogP contribution in [0.15, 0.2) is 54.6 Å². The molecule has 1 aliphatic carbocycles. The van der Waals surface area contributed by atoms with Gasteiger partial charge < -0.3 is 9.47 Å². The van der Waals surface area contributed by atoms with Gasteiger partial charge in [0.05, 0.1) is 12.2 Å². The van der Waals surface area contributed by atoms with E-state index in [-0.39, 0.29) is 5.75 Å². The third kappa shape index (κ3) is 5.26. The molecule has 0 amide bonds. The van der Waals surface area contributed by atoms with E-state index >= 15 is 0 Å². The van der Waals surface area contributed by atoms with Gasteiger partial charge in [-0.15, -0.1) is 0 Å². The molecule has 0 aromatic heterocycles. The first kappa shape index (κ1) is 20.2. The smallest absolute Gasteiger partial charge is 0.343 e. The summed E-state index contributed by atoms with van der Waals surface area (Å²) in [5.41, 5.74) is 1.59. The van der Waals surface area contributed by atoms with E-state index in [0.717, 1.165) is 37.8 Å². The molecule has 3 nitrogen and oxygen atoms in total. The molecule has 2 aromatic rings. The molecule has 0 unspecified atom stereocenters. The Balaban J connectivity index is 1.56. The summed E-state index contributed by atoms with van der Waals surface area (Å²) in [6.07, 6.45) is 8.84. The Hall–Kier alpha value is -2.53. The van der Waals surface area contributed by atoms with E-state index in [1.54, 1.807) is 19.2 Å². The highest BCUT2D eigenvalue weighted by molar-refractivity contribution is 5.91. The third-order valence-corrected chi connectivity index (χ3v) is 5.16. The number of hydrogen-bond donors (Lipinski definition) is 0. The summed E-state index contributed by atoms with van der Waals surface area (Å²) in [6.45, 7) is 0.655. The summed E-state index contributed by atoms with van der Waals surface area (Å²) in [5, 5.41) is 0. The number of carbonyl (C=O) groups excluding carboxylic acids is 1. The first-order valence-electron chi connectivity index (χ1n) is 9.49. The molecule has 28 heavy (non-hydrogen) atoms. The van der Waals surface area contributed by atoms with Crippen molar-refractivity contribution >= 4 is 5.97 Å². The van der Waals surface area contributed by atoms with E-state index < -0.39 is 17.6 Å². The SMILES string of the molecule is COC/C=C/[C@H]1CC[C@H](c2ccc(C(=O)Oc3ccc(F)c(F)c3)cc2)CC1. The number of methoxy groups -OCH3 is 1. The second-order valence-electron chi connectivity index (χ2n) is 7.08. The first-order chi connectivity index (χ1) is 13.6. The highest BCUT2D eigenvalue weighted by Crippen LogP contribution is 2.36. The minimum absolute atomic E-state index is 0.0205. The Kier molecular flexibility index (Phi) is 6.93. The van der Waals surface area contributed by atoms with Gasteiger partial charge in [0, 0.05) is 13.2 Å². The number of halogens is 2. The fourth-order valence-corrected chi connectivity index (χ4v) is 3.59. The van der Waals surface area contributed by atoms with Gasteiger partial charge in [0.25, 0.3) is 0 Å². The van der Waals surface area contributed by atoms with Crippen LogP contribution in [-0.4, -0.2) is 19.7 Å². The van der Waals surface area contributed by atoms with Gasteiger partial charge in [0.2, 0.25) is 0 Å². The summed E-state index contributed by atoms with van der Waals surface area (Å²) in [6, 6.07) is 10.4. The number of rotatable bonds is 6. The number of benzene rings is 2. The van der Waals surface area contributed by atoms with Crippen molar-refractivity contribution < 1.29 is 23.0 Å². The van der Waals surface area contributed by atoms with Crippen molar-refractivity contribution in [3.8, 4) is 5.75 Å². The number of ether oxygens (including phenoxy) is 2. The van der Waals surface area contributed by atoms with Crippen molar-refractivity contribution in [3.05, 3.63) is 77.4 Å². The van der Waals surface area contributed by atoms with Crippen LogP contribution in [0.1, 0.15) is 47.5 Å². The van der Waals surface area contributed by atoms with E-state index in [0.29, 0.717) is 24.0 Å². The quantitative estimate of drug-likeness (QED) is 0.365. The molecule has 3 rings (SSSR count). The summed E-state index contributed by atoms with van der Waals surface area (Å²) < 4.78 is 36.3. The van der Waals surface area contributed by atoms with E-state index in [1.165, 1.54) is 11.6 Å². The van der Waals surface area contributed by atoms with Crippen molar-refractivity contribution in [1.29, 1.82) is 0 Å². The van der Waals surface area contributed by atoms with Gasteiger partial charge in [-0.05, 0) is 67.3 Å². The van der Waals surface area contributed by atoms with Crippen LogP contribution in [0.25, 0.3) is 0 Å². The molecule has 0 atom stereocenters. The maximum atomic E-state index is 13.2. The van der Waals surface area contributed by atoms with Crippen LogP contribution in [0, 0.1) is 17.6 Å². The minimum Gasteiger partial charge on any atom is -0.423 e. The standard InChI is InChI=1S/C23H24F2O3/c1-27-14-2-3-16-4-6-17(7-5-16)18-8-10-19(11-9-18)23(26)28-20-12-13-21(24)22(25)15-20/h2-3,8-13,15-17H,4-7,14H2,1H3/b3-2+/t16-,17-. The zero-order valence-electron chi connectivity index (χ0n) is 15.9. The molecule has 0 spiro atoms. The molecule has 148 valence electrons. The Labute approximate surface area is 164 Å². The molecule has 2 aromatic carbocycles. The highest BCUT2D eigenvalue weighted by Gasteiger charge is 2.21. The maximum absolute atomic E-state index is 13.2. The number of hydrogen-bond acceptors (Lipinski definition) is 3. The summed E-state index contributed by atoms with van der Waals surface area (Å²) in [5.74, 6) is -1.54. The first-order valence-corrected chi connectivity index (χ1v) is 9.49. The Bertz CT molecular complexity index is 822. The largest absolute Gasteiger partial charge is 0.423 e. The van der Waals surface area contributed by atoms with E-state index in [4.69, 9.17) is 9.47 Å². The van der Waals surface area contributed by atoms with Crippen molar-refractivity contribution in [2.24, 2.45) is 5.92 Å². The van der Waals surface area contributed by atoms with Crippen molar-refractivity contribution in [2.45, 2.75) is 31.6 Å². The van der Waals surface area contributed by atoms with Crippen LogP contribution < -0.4 is 4.74 Å². The molecular formula is C23H24F2O3. The van der Waals surface area contributed by atoms with Crippen molar-refractivity contribution in [1.82, 2.24) is 0 Å². The fourth-order valence-electron chi connectivity index (χ4n) is 3.59. The van der Waals surface area contributed by atoms with Gasteiger partial charge in [-0.25, -0.2) is 13.6 Å². The predicted octanol–water partition coefficient (Wildman–Crippen LogP) is 5.66. The molecule has 0 bridgehead atoms. The van der Waals surface area contributed by atoms with Crippen LogP contribution in [-0.2, 0) is 4.74 Å². The predicted molar refractivity (Wildman–Crippen MR) is 103 cm³/mol. The van der Waals surface area contributed by atoms with Gasteiger partial charge in [-0.1, -0.05) is 24.3 Å². The van der Waals surface area contributed by atoms with Gasteiger partial charge in [-0.3, -0.25) is 0 Å². The van der Waals surface area contributed by atoms with Crippen molar-refractivity contribution in [3.63, 3.8) is 0 Å². The lowest BCUT2D eigenvalue weighted by Crippen LogP contribution is -2.13. The summed E-state index contributed by atoms with van der Waals surface area (Å²) in [7, 11) is 1.69. The number of allylic oxidation sites excluding steroid dienone is 1. The normalized spacial score (nSPS) is 19.7. The second-order valence-corrected chi connectivity index (χ2v) is 7.08. The van der Waals surface area contributed by atoms with Crippen LogP contribution in [0.5, 0.6) is 5.75 Å². The molecule has 0 N–H and O–H groups in total. The van der Waals surface area contributed by atoms with Crippen molar-refractivity contribution in [2.75, 3.05) is 13.7 Å². The van der Waals surface area contributed by atoms with E-state index in [2.05, 4.69) is 12.2 Å². The lowest BCUT2D eigenvalue weighted by atomic mass is 9.78.